The number of ketones is 1. The molecule has 8 atom stereocenters. The third kappa shape index (κ3) is 13.3. The maximum atomic E-state index is 13.0. The molecule has 6 heterocycles. The molecule has 69 heavy (non-hydrogen) atoms. The van der Waals surface area contributed by atoms with Crippen LogP contribution in [0.25, 0.3) is 22.3 Å². The van der Waals surface area contributed by atoms with Crippen molar-refractivity contribution in [1.29, 1.82) is 0 Å². The molecule has 0 spiro atoms. The number of carbonyl (C=O) groups is 4. The number of H-pyrrole nitrogens is 2. The number of imidazole rings is 2. The van der Waals surface area contributed by atoms with Crippen LogP contribution in [0.1, 0.15) is 101 Å². The van der Waals surface area contributed by atoms with E-state index in [1.165, 1.54) is 21.8 Å². The highest BCUT2D eigenvalue weighted by atomic mass is 16.6. The van der Waals surface area contributed by atoms with Crippen molar-refractivity contribution in [3.63, 3.8) is 0 Å². The quantitative estimate of drug-likeness (QED) is 0.0950. The monoisotopic (exact) mass is 976 g/mol. The lowest BCUT2D eigenvalue weighted by atomic mass is 10.1. The van der Waals surface area contributed by atoms with Gasteiger partial charge < -0.3 is 48.1 Å². The van der Waals surface area contributed by atoms with Crippen molar-refractivity contribution < 1.29 is 67.3 Å². The normalized spacial score (nSPS) is 22.6. The molecule has 2 saturated heterocycles. The van der Waals surface area contributed by atoms with Gasteiger partial charge in [0.2, 0.25) is 17.8 Å². The zero-order valence-electron chi connectivity index (χ0n) is 40.7. The van der Waals surface area contributed by atoms with Crippen LogP contribution in [0.2, 0.25) is 0 Å². The van der Waals surface area contributed by atoms with Gasteiger partial charge in [-0.15, -0.1) is 4.90 Å². The van der Waals surface area contributed by atoms with E-state index in [0.29, 0.717) is 31.3 Å². The van der Waals surface area contributed by atoms with Crippen molar-refractivity contribution in [2.24, 2.45) is 0 Å². The van der Waals surface area contributed by atoms with Crippen LogP contribution in [0.5, 0.6) is 0 Å². The van der Waals surface area contributed by atoms with Gasteiger partial charge in [0.15, 0.2) is 34.8 Å². The Kier molecular flexibility index (Phi) is 18.3. The lowest BCUT2D eigenvalue weighted by molar-refractivity contribution is -0.125. The van der Waals surface area contributed by atoms with Crippen LogP contribution in [0, 0.1) is 0 Å². The first-order valence-corrected chi connectivity index (χ1v) is 22.6. The van der Waals surface area contributed by atoms with Crippen molar-refractivity contribution in [2.45, 2.75) is 149 Å². The number of rotatable bonds is 17. The first-order valence-electron chi connectivity index (χ1n) is 22.6. The van der Waals surface area contributed by atoms with Gasteiger partial charge in [-0.1, -0.05) is 6.92 Å². The lowest BCUT2D eigenvalue weighted by Crippen LogP contribution is -2.45. The molecule has 2 fully saturated rings. The van der Waals surface area contributed by atoms with E-state index in [1.54, 1.807) is 55.4 Å². The molecular formula is C43H64N10O16. The first kappa shape index (κ1) is 54.2. The summed E-state index contributed by atoms with van der Waals surface area (Å²) >= 11 is 0. The summed E-state index contributed by atoms with van der Waals surface area (Å²) in [5.41, 5.74) is -3.26. The summed E-state index contributed by atoms with van der Waals surface area (Å²) in [6, 6.07) is 0. The minimum atomic E-state index is -1.16. The maximum absolute atomic E-state index is 13.0. The summed E-state index contributed by atoms with van der Waals surface area (Å²) in [4.78, 5) is 97.0. The highest BCUT2D eigenvalue weighted by Crippen LogP contribution is 2.35. The van der Waals surface area contributed by atoms with E-state index in [1.807, 2.05) is 20.8 Å². The molecule has 6 rings (SSSR count). The summed E-state index contributed by atoms with van der Waals surface area (Å²) < 4.78 is 47.8. The van der Waals surface area contributed by atoms with E-state index in [2.05, 4.69) is 35.2 Å². The fourth-order valence-corrected chi connectivity index (χ4v) is 7.15. The second-order valence-corrected chi connectivity index (χ2v) is 17.6. The Morgan fingerprint density at radius 3 is 1.58 bits per heavy atom. The predicted molar refractivity (Wildman–Crippen MR) is 243 cm³/mol. The number of ether oxygens (including phenoxy) is 8. The number of nitrogens with zero attached hydrogens (tertiary/aromatic N) is 7. The fraction of sp³-hybridized carbons (Fsp3) is 0.674. The van der Waals surface area contributed by atoms with E-state index in [0.717, 1.165) is 0 Å². The van der Waals surface area contributed by atoms with E-state index in [4.69, 9.17) is 37.9 Å². The van der Waals surface area contributed by atoms with Crippen LogP contribution in [0.3, 0.4) is 0 Å². The Labute approximate surface area is 396 Å². The molecule has 2 aliphatic heterocycles. The third-order valence-electron chi connectivity index (χ3n) is 10.1. The number of Topliss-reactive ketones (excluding diaryl/α,β-unsaturated/α-hetero) is 1. The number of anilines is 2. The maximum Gasteiger partial charge on any atom is 0.427 e. The van der Waals surface area contributed by atoms with Crippen molar-refractivity contribution in [3.8, 4) is 0 Å². The van der Waals surface area contributed by atoms with Crippen LogP contribution in [-0.4, -0.2) is 161 Å². The van der Waals surface area contributed by atoms with Gasteiger partial charge in [-0.3, -0.25) is 43.6 Å². The molecule has 0 radical (unpaired) electrons. The van der Waals surface area contributed by atoms with Gasteiger partial charge in [0.25, 0.3) is 11.1 Å². The Bertz CT molecular complexity index is 2500. The number of hydrogen-bond donors (Lipinski definition) is 5. The van der Waals surface area contributed by atoms with Crippen molar-refractivity contribution >= 4 is 58.1 Å². The molecule has 4 aromatic heterocycles. The van der Waals surface area contributed by atoms with Gasteiger partial charge in [0.1, 0.15) is 53.6 Å². The van der Waals surface area contributed by atoms with Gasteiger partial charge in [0.05, 0.1) is 32.3 Å². The van der Waals surface area contributed by atoms with E-state index < -0.39 is 95.4 Å². The van der Waals surface area contributed by atoms with Gasteiger partial charge in [0, 0.05) is 32.8 Å². The fourth-order valence-electron chi connectivity index (χ4n) is 7.15. The second-order valence-electron chi connectivity index (χ2n) is 17.6. The molecule has 0 saturated carbocycles. The van der Waals surface area contributed by atoms with E-state index >= 15 is 0 Å². The number of imide groups is 1. The first-order chi connectivity index (χ1) is 32.6. The molecule has 26 nitrogen and oxygen atoms in total. The van der Waals surface area contributed by atoms with Crippen molar-refractivity contribution in [2.75, 3.05) is 49.9 Å². The van der Waals surface area contributed by atoms with Crippen LogP contribution < -0.4 is 21.3 Å². The number of aromatic amines is 2. The summed E-state index contributed by atoms with van der Waals surface area (Å²) in [6.07, 6.45) is -6.37. The molecule has 2 unspecified atom stereocenters. The summed E-state index contributed by atoms with van der Waals surface area (Å²) in [6.45, 7) is 20.7. The molecule has 382 valence electrons. The molecular weight excluding hydrogens is 913 g/mol. The molecule has 26 heteroatoms. The molecule has 3 amide bonds. The molecule has 5 N–H and O–H groups in total. The largest absolute Gasteiger partial charge is 0.443 e. The van der Waals surface area contributed by atoms with Crippen LogP contribution in [0.15, 0.2) is 22.2 Å². The Morgan fingerprint density at radius 2 is 1.16 bits per heavy atom. The number of carbonyl (C=O) groups excluding carboxylic acids is 4. The predicted octanol–water partition coefficient (Wildman–Crippen LogP) is 2.62. The second kappa shape index (κ2) is 23.2. The number of amides is 3. The number of fused-ring (bicyclic) bond motifs is 2. The molecule has 0 bridgehead atoms. The average Bonchev–Trinajstić information content (AvgIpc) is 4.02. The van der Waals surface area contributed by atoms with Crippen molar-refractivity contribution in [3.05, 3.63) is 33.4 Å². The summed E-state index contributed by atoms with van der Waals surface area (Å²) in [5, 5.41) is 24.3. The van der Waals surface area contributed by atoms with Crippen LogP contribution in [-0.2, 0) is 47.5 Å². The zero-order valence-corrected chi connectivity index (χ0v) is 40.7. The number of aromatic nitrogens is 8. The highest BCUT2D eigenvalue weighted by Gasteiger charge is 2.47. The number of aliphatic hydroxyl groups is 2. The molecule has 0 aliphatic carbocycles. The Hall–Kier alpha value is -5.74. The van der Waals surface area contributed by atoms with Crippen LogP contribution >= 0.6 is 0 Å². The average molecular weight is 977 g/mol. The Balaban J connectivity index is 0.000000263. The topological polar surface area (TPSA) is 325 Å². The molecule has 4 aromatic rings. The van der Waals surface area contributed by atoms with E-state index in [9.17, 15) is 39.0 Å². The number of aliphatic hydroxyl groups excluding tert-OH is 2. The number of hydrogen-bond acceptors (Lipinski definition) is 20. The summed E-state index contributed by atoms with van der Waals surface area (Å²) in [5.74, 6) is -1.41. The van der Waals surface area contributed by atoms with Gasteiger partial charge >= 0.3 is 12.2 Å². The smallest absolute Gasteiger partial charge is 0.427 e. The minimum absolute atomic E-state index is 0.0136. The van der Waals surface area contributed by atoms with Gasteiger partial charge in [-0.05, 0) is 69.2 Å². The minimum Gasteiger partial charge on any atom is -0.443 e. The standard InChI is InChI=1S/C24H37N5O9.C19H27N5O7/c1-9-34-11-13-16(35-10-2)15(30)19(36-13)28-12-25-14-17(28)26-20(27-18(14)31)29(21(32)37-23(3,4)5)22(33)38-24(6,7)8;1-4-10(25)7-12(26)21-19-22-16-13(17(28)23-19)20-9-24(16)18-14(27)15(30-6-3)11(31-18)8-29-5-2/h12-13,15-16,19,30H,9-11H2,1-8H3,(H,26,27,31);9,11,14-15,18,27H,4-8H2,1-3H3,(H2,21,22,23,26,28)/t13-,15+,16?,19-;11-,14+,15?,18-/m11/s1. The number of nitrogens with one attached hydrogen (secondary N) is 3. The molecule has 0 aromatic carbocycles. The van der Waals surface area contributed by atoms with Gasteiger partial charge in [-0.25, -0.2) is 19.6 Å². The molecule has 2 aliphatic rings. The highest BCUT2D eigenvalue weighted by molar-refractivity contribution is 6.08. The SMILES string of the molecule is CCOC[C@H]1O[C@@H](n2cnc3c(=O)[nH]c(N(C(=O)OC(C)(C)C)C(=O)OC(C)(C)C)nc32)[C@@H](O)C1OCC.CCOC[C@H]1O[C@@H](n2cnc3c(=O)[nH]c(NC(=O)CC(=O)CC)nc32)[C@@H](O)C1OCC. The summed E-state index contributed by atoms with van der Waals surface area (Å²) in [7, 11) is 0. The van der Waals surface area contributed by atoms with Crippen LogP contribution in [0.4, 0.5) is 21.5 Å². The van der Waals surface area contributed by atoms with Gasteiger partial charge in [-0.2, -0.15) is 9.97 Å². The third-order valence-corrected chi connectivity index (χ3v) is 10.1. The Morgan fingerprint density at radius 1 is 0.710 bits per heavy atom. The zero-order chi connectivity index (χ0) is 51.0. The van der Waals surface area contributed by atoms with Crippen molar-refractivity contribution in [1.82, 2.24) is 39.0 Å². The van der Waals surface area contributed by atoms with E-state index in [-0.39, 0.29) is 60.1 Å². The lowest BCUT2D eigenvalue weighted by Gasteiger charge is -2.27.